The molecule has 0 unspecified atom stereocenters. The second-order valence-corrected chi connectivity index (χ2v) is 5.01. The average molecular weight is 238 g/mol. The third kappa shape index (κ3) is 3.09. The molecule has 1 aromatic heterocycles. The molecule has 0 spiro atoms. The van der Waals surface area contributed by atoms with Gasteiger partial charge in [-0.1, -0.05) is 0 Å². The molecule has 1 N–H and O–H groups in total. The van der Waals surface area contributed by atoms with Crippen molar-refractivity contribution in [3.8, 4) is 0 Å². The number of anilines is 1. The molecule has 1 fully saturated rings. The summed E-state index contributed by atoms with van der Waals surface area (Å²) in [7, 11) is 2.17. The van der Waals surface area contributed by atoms with Crippen LogP contribution in [0, 0.1) is 0 Å². The molecule has 0 bridgehead atoms. The lowest BCUT2D eigenvalue weighted by Crippen LogP contribution is -2.36. The van der Waals surface area contributed by atoms with E-state index in [1.807, 2.05) is 18.4 Å². The van der Waals surface area contributed by atoms with Gasteiger partial charge in [-0.15, -0.1) is 22.0 Å². The molecule has 1 saturated heterocycles. The minimum Gasteiger partial charge on any atom is -0.366 e. The molecule has 88 valence electrons. The largest absolute Gasteiger partial charge is 0.366 e. The molecule has 2 heterocycles. The fraction of sp³-hybridized carbons (Fsp3) is 0.636. The number of nitrogens with one attached hydrogen (secondary N) is 1. The maximum atomic E-state index is 4.17. The number of aromatic nitrogens is 2. The molecule has 0 saturated carbocycles. The summed E-state index contributed by atoms with van der Waals surface area (Å²) in [5.74, 6) is 0.896. The van der Waals surface area contributed by atoms with E-state index < -0.39 is 0 Å². The van der Waals surface area contributed by atoms with Gasteiger partial charge in [0.05, 0.1) is 0 Å². The van der Waals surface area contributed by atoms with Crippen LogP contribution in [0.15, 0.2) is 17.2 Å². The molecular formula is C11H18N4S. The summed E-state index contributed by atoms with van der Waals surface area (Å²) in [4.78, 5) is 2.36. The van der Waals surface area contributed by atoms with E-state index in [4.69, 9.17) is 0 Å². The first-order valence-electron chi connectivity index (χ1n) is 5.61. The zero-order chi connectivity index (χ0) is 11.4. The van der Waals surface area contributed by atoms with E-state index in [0.29, 0.717) is 6.04 Å². The highest BCUT2D eigenvalue weighted by atomic mass is 32.2. The van der Waals surface area contributed by atoms with Crippen molar-refractivity contribution in [2.45, 2.75) is 23.9 Å². The maximum Gasteiger partial charge on any atom is 0.148 e. The Morgan fingerprint density at radius 1 is 1.31 bits per heavy atom. The predicted octanol–water partition coefficient (Wildman–Crippen LogP) is 1.70. The number of thioether (sulfide) groups is 1. The molecule has 5 heteroatoms. The Labute approximate surface area is 101 Å². The Morgan fingerprint density at radius 3 is 2.62 bits per heavy atom. The van der Waals surface area contributed by atoms with Gasteiger partial charge in [-0.05, 0) is 51.4 Å². The minimum absolute atomic E-state index is 0.547. The average Bonchev–Trinajstić information content (AvgIpc) is 2.33. The summed E-state index contributed by atoms with van der Waals surface area (Å²) in [5.41, 5.74) is 0. The summed E-state index contributed by atoms with van der Waals surface area (Å²) in [6, 6.07) is 4.57. The van der Waals surface area contributed by atoms with Crippen molar-refractivity contribution in [3.63, 3.8) is 0 Å². The highest BCUT2D eigenvalue weighted by Crippen LogP contribution is 2.15. The summed E-state index contributed by atoms with van der Waals surface area (Å²) in [5, 5.41) is 12.7. The second-order valence-electron chi connectivity index (χ2n) is 4.18. The Kier molecular flexibility index (Phi) is 4.01. The van der Waals surface area contributed by atoms with Crippen LogP contribution in [0.2, 0.25) is 0 Å². The van der Waals surface area contributed by atoms with Crippen molar-refractivity contribution in [2.75, 3.05) is 31.7 Å². The fourth-order valence-corrected chi connectivity index (χ4v) is 2.19. The van der Waals surface area contributed by atoms with Gasteiger partial charge in [-0.2, -0.15) is 0 Å². The minimum atomic E-state index is 0.547. The number of hydrogen-bond donors (Lipinski definition) is 1. The van der Waals surface area contributed by atoms with Gasteiger partial charge in [-0.3, -0.25) is 0 Å². The van der Waals surface area contributed by atoms with Crippen LogP contribution in [0.1, 0.15) is 12.8 Å². The van der Waals surface area contributed by atoms with Crippen LogP contribution in [0.25, 0.3) is 0 Å². The van der Waals surface area contributed by atoms with Crippen LogP contribution in [-0.4, -0.2) is 47.5 Å². The number of rotatable bonds is 3. The molecule has 1 aliphatic heterocycles. The predicted molar refractivity (Wildman–Crippen MR) is 68.0 cm³/mol. The van der Waals surface area contributed by atoms with Crippen LogP contribution in [0.3, 0.4) is 0 Å². The number of hydrogen-bond acceptors (Lipinski definition) is 5. The third-order valence-electron chi connectivity index (χ3n) is 2.92. The normalized spacial score (nSPS) is 18.6. The zero-order valence-electron chi connectivity index (χ0n) is 9.81. The van der Waals surface area contributed by atoms with Crippen LogP contribution in [-0.2, 0) is 0 Å². The van der Waals surface area contributed by atoms with Gasteiger partial charge in [-0.25, -0.2) is 0 Å². The molecule has 0 amide bonds. The topological polar surface area (TPSA) is 41.0 Å². The lowest BCUT2D eigenvalue weighted by Gasteiger charge is -2.29. The molecule has 2 rings (SSSR count). The molecule has 0 aliphatic carbocycles. The van der Waals surface area contributed by atoms with Crippen molar-refractivity contribution in [3.05, 3.63) is 12.1 Å². The Balaban J connectivity index is 1.88. The number of piperidine rings is 1. The van der Waals surface area contributed by atoms with Gasteiger partial charge >= 0.3 is 0 Å². The van der Waals surface area contributed by atoms with Crippen molar-refractivity contribution < 1.29 is 0 Å². The molecule has 1 aromatic rings. The maximum absolute atomic E-state index is 4.17. The van der Waals surface area contributed by atoms with Gasteiger partial charge < -0.3 is 10.2 Å². The zero-order valence-corrected chi connectivity index (χ0v) is 10.6. The quantitative estimate of drug-likeness (QED) is 0.812. The van der Waals surface area contributed by atoms with E-state index in [2.05, 4.69) is 27.5 Å². The van der Waals surface area contributed by atoms with Crippen LogP contribution < -0.4 is 5.32 Å². The molecule has 0 atom stereocenters. The van der Waals surface area contributed by atoms with Crippen molar-refractivity contribution >= 4 is 17.6 Å². The van der Waals surface area contributed by atoms with E-state index in [9.17, 15) is 0 Å². The van der Waals surface area contributed by atoms with Gasteiger partial charge in [0, 0.05) is 6.04 Å². The monoisotopic (exact) mass is 238 g/mol. The van der Waals surface area contributed by atoms with Crippen LogP contribution >= 0.6 is 11.8 Å². The molecule has 16 heavy (non-hydrogen) atoms. The summed E-state index contributed by atoms with van der Waals surface area (Å²) in [6.07, 6.45) is 4.37. The SMILES string of the molecule is CSc1ccc(NC2CCN(C)CC2)nn1. The van der Waals surface area contributed by atoms with E-state index in [0.717, 1.165) is 23.9 Å². The lowest BCUT2D eigenvalue weighted by molar-refractivity contribution is 0.263. The third-order valence-corrected chi connectivity index (χ3v) is 3.56. The molecule has 0 radical (unpaired) electrons. The molecule has 0 aromatic carbocycles. The first-order chi connectivity index (χ1) is 7.78. The smallest absolute Gasteiger partial charge is 0.148 e. The van der Waals surface area contributed by atoms with Crippen LogP contribution in [0.4, 0.5) is 5.82 Å². The first-order valence-corrected chi connectivity index (χ1v) is 6.83. The summed E-state index contributed by atoms with van der Waals surface area (Å²) < 4.78 is 0. The fourth-order valence-electron chi connectivity index (χ4n) is 1.87. The lowest BCUT2D eigenvalue weighted by atomic mass is 10.1. The van der Waals surface area contributed by atoms with Crippen molar-refractivity contribution in [1.82, 2.24) is 15.1 Å². The van der Waals surface area contributed by atoms with Crippen LogP contribution in [0.5, 0.6) is 0 Å². The Hall–Kier alpha value is -0.810. The highest BCUT2D eigenvalue weighted by Gasteiger charge is 2.16. The van der Waals surface area contributed by atoms with Gasteiger partial charge in [0.2, 0.25) is 0 Å². The van der Waals surface area contributed by atoms with E-state index in [-0.39, 0.29) is 0 Å². The van der Waals surface area contributed by atoms with E-state index in [1.54, 1.807) is 11.8 Å². The molecule has 1 aliphatic rings. The highest BCUT2D eigenvalue weighted by molar-refractivity contribution is 7.98. The van der Waals surface area contributed by atoms with Gasteiger partial charge in [0.25, 0.3) is 0 Å². The second kappa shape index (κ2) is 5.50. The van der Waals surface area contributed by atoms with Gasteiger partial charge in [0.1, 0.15) is 10.8 Å². The number of nitrogens with zero attached hydrogens (tertiary/aromatic N) is 3. The van der Waals surface area contributed by atoms with Crippen molar-refractivity contribution in [2.24, 2.45) is 0 Å². The summed E-state index contributed by atoms with van der Waals surface area (Å²) >= 11 is 1.62. The number of likely N-dealkylation sites (tertiary alicyclic amines) is 1. The van der Waals surface area contributed by atoms with E-state index in [1.165, 1.54) is 12.8 Å². The first kappa shape index (κ1) is 11.7. The van der Waals surface area contributed by atoms with Gasteiger partial charge in [0.15, 0.2) is 0 Å². The Morgan fingerprint density at radius 2 is 2.06 bits per heavy atom. The van der Waals surface area contributed by atoms with Crippen molar-refractivity contribution in [1.29, 1.82) is 0 Å². The van der Waals surface area contributed by atoms with E-state index >= 15 is 0 Å². The molecular weight excluding hydrogens is 220 g/mol. The Bertz CT molecular complexity index is 319. The summed E-state index contributed by atoms with van der Waals surface area (Å²) in [6.45, 7) is 2.32. The molecule has 4 nitrogen and oxygen atoms in total. The standard InChI is InChI=1S/C11H18N4S/c1-15-7-5-9(6-8-15)12-10-3-4-11(16-2)14-13-10/h3-4,9H,5-8H2,1-2H3,(H,12,13).